The van der Waals surface area contributed by atoms with E-state index in [0.717, 1.165) is 5.56 Å². The van der Waals surface area contributed by atoms with Gasteiger partial charge in [0.1, 0.15) is 5.75 Å². The van der Waals surface area contributed by atoms with E-state index in [1.165, 1.54) is 19.1 Å². The zero-order chi connectivity index (χ0) is 20.8. The SMILES string of the molecule is COc1ccc(Cl)cc1NC(=O)CN(C)C(=O)c1cn(Cc2ccccc2)nn1. The van der Waals surface area contributed by atoms with Gasteiger partial charge in [0.15, 0.2) is 5.69 Å². The van der Waals surface area contributed by atoms with E-state index in [-0.39, 0.29) is 12.2 Å². The first kappa shape index (κ1) is 20.3. The molecule has 0 aliphatic rings. The van der Waals surface area contributed by atoms with Crippen molar-refractivity contribution < 1.29 is 14.3 Å². The molecule has 150 valence electrons. The molecule has 29 heavy (non-hydrogen) atoms. The van der Waals surface area contributed by atoms with E-state index in [2.05, 4.69) is 15.6 Å². The van der Waals surface area contributed by atoms with Crippen LogP contribution >= 0.6 is 11.6 Å². The van der Waals surface area contributed by atoms with Gasteiger partial charge in [-0.05, 0) is 23.8 Å². The smallest absolute Gasteiger partial charge is 0.276 e. The summed E-state index contributed by atoms with van der Waals surface area (Å²) in [5.74, 6) is -0.323. The van der Waals surface area contributed by atoms with Crippen LogP contribution in [-0.2, 0) is 11.3 Å². The quantitative estimate of drug-likeness (QED) is 0.643. The molecule has 3 aromatic rings. The second-order valence-corrected chi connectivity index (χ2v) is 6.78. The van der Waals surface area contributed by atoms with Crippen molar-refractivity contribution in [1.29, 1.82) is 0 Å². The second-order valence-electron chi connectivity index (χ2n) is 6.34. The van der Waals surface area contributed by atoms with Crippen LogP contribution < -0.4 is 10.1 Å². The van der Waals surface area contributed by atoms with Crippen LogP contribution in [0.1, 0.15) is 16.1 Å². The number of hydrogen-bond donors (Lipinski definition) is 1. The minimum absolute atomic E-state index is 0.163. The Labute approximate surface area is 173 Å². The summed E-state index contributed by atoms with van der Waals surface area (Å²) in [6.45, 7) is 0.333. The van der Waals surface area contributed by atoms with Gasteiger partial charge in [-0.1, -0.05) is 47.1 Å². The number of carbonyl (C=O) groups is 2. The Bertz CT molecular complexity index is 1010. The highest BCUT2D eigenvalue weighted by Crippen LogP contribution is 2.27. The molecule has 0 aliphatic carbocycles. The minimum Gasteiger partial charge on any atom is -0.495 e. The molecule has 9 heteroatoms. The summed E-state index contributed by atoms with van der Waals surface area (Å²) in [5.41, 5.74) is 1.64. The van der Waals surface area contributed by atoms with Crippen LogP contribution in [0.3, 0.4) is 0 Å². The molecule has 3 rings (SSSR count). The molecule has 0 aliphatic heterocycles. The van der Waals surface area contributed by atoms with Gasteiger partial charge in [0, 0.05) is 12.1 Å². The highest BCUT2D eigenvalue weighted by Gasteiger charge is 2.19. The number of likely N-dealkylation sites (N-methyl/N-ethyl adjacent to an activating group) is 1. The topological polar surface area (TPSA) is 89.4 Å². The first-order chi connectivity index (χ1) is 14.0. The molecule has 1 aromatic heterocycles. The first-order valence-electron chi connectivity index (χ1n) is 8.79. The average Bonchev–Trinajstić information content (AvgIpc) is 3.16. The molecule has 2 aromatic carbocycles. The Morgan fingerprint density at radius 3 is 2.69 bits per heavy atom. The molecule has 2 amide bonds. The van der Waals surface area contributed by atoms with Crippen molar-refractivity contribution in [2.45, 2.75) is 6.54 Å². The zero-order valence-corrected chi connectivity index (χ0v) is 16.8. The van der Waals surface area contributed by atoms with Crippen LogP contribution in [-0.4, -0.2) is 52.4 Å². The predicted molar refractivity (Wildman–Crippen MR) is 109 cm³/mol. The lowest BCUT2D eigenvalue weighted by molar-refractivity contribution is -0.116. The van der Waals surface area contributed by atoms with E-state index < -0.39 is 11.8 Å². The molecule has 0 saturated heterocycles. The van der Waals surface area contributed by atoms with Crippen molar-refractivity contribution in [2.24, 2.45) is 0 Å². The summed E-state index contributed by atoms with van der Waals surface area (Å²) < 4.78 is 6.78. The van der Waals surface area contributed by atoms with Crippen molar-refractivity contribution in [2.75, 3.05) is 26.0 Å². The van der Waals surface area contributed by atoms with Gasteiger partial charge in [-0.2, -0.15) is 0 Å². The van der Waals surface area contributed by atoms with Gasteiger partial charge in [0.05, 0.1) is 32.1 Å². The summed E-state index contributed by atoms with van der Waals surface area (Å²) in [6.07, 6.45) is 1.56. The minimum atomic E-state index is -0.405. The number of rotatable bonds is 7. The van der Waals surface area contributed by atoms with Crippen LogP contribution in [0.5, 0.6) is 5.75 Å². The number of nitrogens with one attached hydrogen (secondary N) is 1. The fraction of sp³-hybridized carbons (Fsp3) is 0.200. The largest absolute Gasteiger partial charge is 0.495 e. The third-order valence-corrected chi connectivity index (χ3v) is 4.34. The van der Waals surface area contributed by atoms with E-state index in [0.29, 0.717) is 23.0 Å². The number of ether oxygens (including phenoxy) is 1. The molecule has 0 spiro atoms. The van der Waals surface area contributed by atoms with Gasteiger partial charge < -0.3 is 15.0 Å². The lowest BCUT2D eigenvalue weighted by Gasteiger charge is -2.16. The van der Waals surface area contributed by atoms with E-state index in [9.17, 15) is 9.59 Å². The van der Waals surface area contributed by atoms with E-state index in [1.54, 1.807) is 29.1 Å². The summed E-state index contributed by atoms with van der Waals surface area (Å²) in [6, 6.07) is 14.6. The normalized spacial score (nSPS) is 10.4. The molecule has 0 radical (unpaired) electrons. The van der Waals surface area contributed by atoms with E-state index >= 15 is 0 Å². The number of nitrogens with zero attached hydrogens (tertiary/aromatic N) is 4. The summed E-state index contributed by atoms with van der Waals surface area (Å²) in [5, 5.41) is 11.1. The molecular weight excluding hydrogens is 394 g/mol. The number of anilines is 1. The molecule has 0 atom stereocenters. The standard InChI is InChI=1S/C20H20ClN5O3/c1-25(13-19(27)22-16-10-15(21)8-9-18(16)29-2)20(28)17-12-26(24-23-17)11-14-6-4-3-5-7-14/h3-10,12H,11,13H2,1-2H3,(H,22,27). The number of benzene rings is 2. The fourth-order valence-corrected chi connectivity index (χ4v) is 2.87. The first-order valence-corrected chi connectivity index (χ1v) is 9.17. The molecule has 0 unspecified atom stereocenters. The summed E-state index contributed by atoms with van der Waals surface area (Å²) in [4.78, 5) is 26.2. The van der Waals surface area contributed by atoms with Gasteiger partial charge in [-0.15, -0.1) is 5.10 Å². The molecule has 0 saturated carbocycles. The zero-order valence-electron chi connectivity index (χ0n) is 16.0. The number of aromatic nitrogens is 3. The molecule has 0 fully saturated rings. The lowest BCUT2D eigenvalue weighted by Crippen LogP contribution is -2.35. The van der Waals surface area contributed by atoms with Crippen molar-refractivity contribution in [3.8, 4) is 5.75 Å². The Hall–Kier alpha value is -3.39. The van der Waals surface area contributed by atoms with E-state index in [4.69, 9.17) is 16.3 Å². The van der Waals surface area contributed by atoms with Crippen LogP contribution in [0.4, 0.5) is 5.69 Å². The Kier molecular flexibility index (Phi) is 6.46. The molecule has 8 nitrogen and oxygen atoms in total. The van der Waals surface area contributed by atoms with Gasteiger partial charge in [0.25, 0.3) is 5.91 Å². The third-order valence-electron chi connectivity index (χ3n) is 4.11. The molecule has 1 N–H and O–H groups in total. The second kappa shape index (κ2) is 9.20. The van der Waals surface area contributed by atoms with Crippen LogP contribution in [0.25, 0.3) is 0 Å². The predicted octanol–water partition coefficient (Wildman–Crippen LogP) is 2.70. The highest BCUT2D eigenvalue weighted by atomic mass is 35.5. The Morgan fingerprint density at radius 2 is 1.97 bits per heavy atom. The molecule has 0 bridgehead atoms. The summed E-state index contributed by atoms with van der Waals surface area (Å²) >= 11 is 5.96. The van der Waals surface area contributed by atoms with Crippen LogP contribution in [0.15, 0.2) is 54.7 Å². The van der Waals surface area contributed by atoms with E-state index in [1.807, 2.05) is 30.3 Å². The number of halogens is 1. The Balaban J connectivity index is 1.60. The van der Waals surface area contributed by atoms with Crippen molar-refractivity contribution in [1.82, 2.24) is 19.9 Å². The van der Waals surface area contributed by atoms with Gasteiger partial charge in [-0.3, -0.25) is 9.59 Å². The fourth-order valence-electron chi connectivity index (χ4n) is 2.69. The maximum absolute atomic E-state index is 12.6. The Morgan fingerprint density at radius 1 is 1.21 bits per heavy atom. The van der Waals surface area contributed by atoms with Gasteiger partial charge >= 0.3 is 0 Å². The number of methoxy groups -OCH3 is 1. The van der Waals surface area contributed by atoms with Gasteiger partial charge in [0.2, 0.25) is 5.91 Å². The third kappa shape index (κ3) is 5.32. The lowest BCUT2D eigenvalue weighted by atomic mass is 10.2. The maximum atomic E-state index is 12.6. The maximum Gasteiger partial charge on any atom is 0.276 e. The van der Waals surface area contributed by atoms with Crippen LogP contribution in [0, 0.1) is 0 Å². The van der Waals surface area contributed by atoms with Gasteiger partial charge in [-0.25, -0.2) is 4.68 Å². The monoisotopic (exact) mass is 413 g/mol. The van der Waals surface area contributed by atoms with Crippen molar-refractivity contribution >= 4 is 29.1 Å². The number of hydrogen-bond acceptors (Lipinski definition) is 5. The van der Waals surface area contributed by atoms with Crippen molar-refractivity contribution in [3.63, 3.8) is 0 Å². The number of amides is 2. The highest BCUT2D eigenvalue weighted by molar-refractivity contribution is 6.31. The summed E-state index contributed by atoms with van der Waals surface area (Å²) in [7, 11) is 3.01. The van der Waals surface area contributed by atoms with Crippen molar-refractivity contribution in [3.05, 3.63) is 71.0 Å². The average molecular weight is 414 g/mol. The number of carbonyl (C=O) groups excluding carboxylic acids is 2. The molecule has 1 heterocycles. The molecular formula is C20H20ClN5O3. The van der Waals surface area contributed by atoms with Crippen LogP contribution in [0.2, 0.25) is 5.02 Å².